The molecule has 7 heteroatoms. The van der Waals surface area contributed by atoms with E-state index in [2.05, 4.69) is 10.6 Å². The van der Waals surface area contributed by atoms with Crippen LogP contribution in [0.3, 0.4) is 0 Å². The maximum absolute atomic E-state index is 12.1. The van der Waals surface area contributed by atoms with Crippen molar-refractivity contribution in [1.29, 1.82) is 0 Å². The highest BCUT2D eigenvalue weighted by Gasteiger charge is 2.22. The fourth-order valence-corrected chi connectivity index (χ4v) is 3.47. The number of anilines is 1. The van der Waals surface area contributed by atoms with Gasteiger partial charge in [-0.1, -0.05) is 32.9 Å². The largest absolute Gasteiger partial charge is 0.325 e. The molecular formula is C15H25N3O3S. The summed E-state index contributed by atoms with van der Waals surface area (Å²) in [7, 11) is -3.56. The summed E-state index contributed by atoms with van der Waals surface area (Å²) >= 11 is 0. The predicted octanol–water partition coefficient (Wildman–Crippen LogP) is 1.41. The zero-order valence-electron chi connectivity index (χ0n) is 13.4. The van der Waals surface area contributed by atoms with Gasteiger partial charge in [0.05, 0.1) is 0 Å². The topological polar surface area (TPSA) is 78.5 Å². The second-order valence-corrected chi connectivity index (χ2v) is 6.84. The van der Waals surface area contributed by atoms with E-state index in [1.165, 1.54) is 4.31 Å². The molecule has 0 unspecified atom stereocenters. The van der Waals surface area contributed by atoms with Crippen molar-refractivity contribution in [2.75, 3.05) is 30.7 Å². The molecule has 0 heterocycles. The molecule has 0 spiro atoms. The lowest BCUT2D eigenvalue weighted by molar-refractivity contribution is -0.113. The molecule has 0 atom stereocenters. The number of benzene rings is 1. The summed E-state index contributed by atoms with van der Waals surface area (Å²) in [6, 6.07) is 7.37. The van der Waals surface area contributed by atoms with E-state index >= 15 is 0 Å². The minimum atomic E-state index is -3.56. The Morgan fingerprint density at radius 1 is 1.18 bits per heavy atom. The van der Waals surface area contributed by atoms with Crippen molar-refractivity contribution in [3.05, 3.63) is 29.8 Å². The number of carbonyl (C=O) groups excluding carboxylic acids is 1. The molecule has 0 aliphatic heterocycles. The summed E-state index contributed by atoms with van der Waals surface area (Å²) in [5.74, 6) is -1.06. The Labute approximate surface area is 132 Å². The lowest BCUT2D eigenvalue weighted by atomic mass is 10.2. The Kier molecular flexibility index (Phi) is 7.50. The molecule has 0 aromatic heterocycles. The minimum Gasteiger partial charge on any atom is -0.325 e. The summed E-state index contributed by atoms with van der Waals surface area (Å²) < 4.78 is 25.4. The first-order valence-corrected chi connectivity index (χ1v) is 9.11. The highest BCUT2D eigenvalue weighted by molar-refractivity contribution is 7.89. The van der Waals surface area contributed by atoms with E-state index in [1.54, 1.807) is 19.9 Å². The van der Waals surface area contributed by atoms with Crippen molar-refractivity contribution in [2.45, 2.75) is 27.3 Å². The van der Waals surface area contributed by atoms with E-state index in [1.807, 2.05) is 25.1 Å². The van der Waals surface area contributed by atoms with Crippen LogP contribution in [0, 0.1) is 0 Å². The summed E-state index contributed by atoms with van der Waals surface area (Å²) in [6.07, 6.45) is 0. The lowest BCUT2D eigenvalue weighted by Crippen LogP contribution is -2.36. The number of nitrogens with one attached hydrogen (secondary N) is 2. The van der Waals surface area contributed by atoms with Crippen molar-refractivity contribution in [2.24, 2.45) is 0 Å². The Morgan fingerprint density at radius 2 is 1.86 bits per heavy atom. The molecule has 0 radical (unpaired) electrons. The van der Waals surface area contributed by atoms with E-state index in [-0.39, 0.29) is 0 Å². The first-order valence-electron chi connectivity index (χ1n) is 7.50. The number of rotatable bonds is 9. The van der Waals surface area contributed by atoms with Gasteiger partial charge in [0.15, 0.2) is 0 Å². The monoisotopic (exact) mass is 327 g/mol. The Bertz CT molecular complexity index is 583. The molecule has 0 fully saturated rings. The first-order chi connectivity index (χ1) is 10.4. The first kappa shape index (κ1) is 18.6. The van der Waals surface area contributed by atoms with Gasteiger partial charge in [-0.2, -0.15) is 0 Å². The van der Waals surface area contributed by atoms with Gasteiger partial charge in [-0.05, 0) is 24.2 Å². The molecule has 0 saturated heterocycles. The highest BCUT2D eigenvalue weighted by atomic mass is 32.2. The van der Waals surface area contributed by atoms with Crippen LogP contribution in [0.1, 0.15) is 26.3 Å². The maximum atomic E-state index is 12.1. The average molecular weight is 327 g/mol. The van der Waals surface area contributed by atoms with Crippen LogP contribution in [0.4, 0.5) is 5.69 Å². The van der Waals surface area contributed by atoms with Crippen molar-refractivity contribution >= 4 is 21.6 Å². The second-order valence-electron chi connectivity index (χ2n) is 4.87. The van der Waals surface area contributed by atoms with Gasteiger partial charge in [0.25, 0.3) is 0 Å². The van der Waals surface area contributed by atoms with Crippen molar-refractivity contribution < 1.29 is 13.2 Å². The molecule has 1 aromatic carbocycles. The standard InChI is InChI=1S/C15H25N3O3S/c1-4-16-11-13-8-7-9-14(10-13)17-15(19)12-22(20,21)18(5-2)6-3/h7-10,16H,4-6,11-12H2,1-3H3,(H,17,19). The van der Waals surface area contributed by atoms with Crippen LogP contribution in [0.25, 0.3) is 0 Å². The molecule has 6 nitrogen and oxygen atoms in total. The van der Waals surface area contributed by atoms with Crippen LogP contribution < -0.4 is 10.6 Å². The second kappa shape index (κ2) is 8.87. The molecule has 1 amide bonds. The third kappa shape index (κ3) is 5.75. The molecule has 0 bridgehead atoms. The van der Waals surface area contributed by atoms with Crippen molar-refractivity contribution in [3.8, 4) is 0 Å². The molecule has 1 aromatic rings. The Balaban J connectivity index is 2.69. The highest BCUT2D eigenvalue weighted by Crippen LogP contribution is 2.11. The van der Waals surface area contributed by atoms with Gasteiger partial charge in [-0.25, -0.2) is 12.7 Å². The number of hydrogen-bond donors (Lipinski definition) is 2. The maximum Gasteiger partial charge on any atom is 0.241 e. The predicted molar refractivity (Wildman–Crippen MR) is 89.2 cm³/mol. The van der Waals surface area contributed by atoms with Crippen LogP contribution in [0.15, 0.2) is 24.3 Å². The SMILES string of the molecule is CCNCc1cccc(NC(=O)CS(=O)(=O)N(CC)CC)c1. The number of carbonyl (C=O) groups is 1. The zero-order chi connectivity index (χ0) is 16.6. The van der Waals surface area contributed by atoms with Crippen LogP contribution in [0.2, 0.25) is 0 Å². The quantitative estimate of drug-likeness (QED) is 0.719. The van der Waals surface area contributed by atoms with Gasteiger partial charge in [0.2, 0.25) is 15.9 Å². The third-order valence-corrected chi connectivity index (χ3v) is 5.13. The third-order valence-electron chi connectivity index (χ3n) is 3.20. The zero-order valence-corrected chi connectivity index (χ0v) is 14.2. The molecular weight excluding hydrogens is 302 g/mol. The van der Waals surface area contributed by atoms with E-state index in [4.69, 9.17) is 0 Å². The van der Waals surface area contributed by atoms with Crippen LogP contribution in [0.5, 0.6) is 0 Å². The molecule has 0 saturated carbocycles. The van der Waals surface area contributed by atoms with Gasteiger partial charge in [0, 0.05) is 25.3 Å². The Hall–Kier alpha value is -1.44. The van der Waals surface area contributed by atoms with Gasteiger partial charge in [0.1, 0.15) is 5.75 Å². The van der Waals surface area contributed by atoms with Gasteiger partial charge < -0.3 is 10.6 Å². The minimum absolute atomic E-state index is 0.365. The summed E-state index contributed by atoms with van der Waals surface area (Å²) in [6.45, 7) is 7.82. The fourth-order valence-electron chi connectivity index (χ4n) is 2.10. The summed E-state index contributed by atoms with van der Waals surface area (Å²) in [5, 5.41) is 5.84. The van der Waals surface area contributed by atoms with Gasteiger partial charge >= 0.3 is 0 Å². The van der Waals surface area contributed by atoms with Crippen LogP contribution >= 0.6 is 0 Å². The van der Waals surface area contributed by atoms with Gasteiger partial charge in [-0.3, -0.25) is 4.79 Å². The molecule has 0 aliphatic rings. The fraction of sp³-hybridized carbons (Fsp3) is 0.533. The number of nitrogens with zero attached hydrogens (tertiary/aromatic N) is 1. The Morgan fingerprint density at radius 3 is 2.45 bits per heavy atom. The molecule has 124 valence electrons. The van der Waals surface area contributed by atoms with Gasteiger partial charge in [-0.15, -0.1) is 0 Å². The average Bonchev–Trinajstić information content (AvgIpc) is 2.45. The molecule has 0 aliphatic carbocycles. The normalized spacial score (nSPS) is 11.6. The molecule has 2 N–H and O–H groups in total. The summed E-state index contributed by atoms with van der Waals surface area (Å²) in [5.41, 5.74) is 1.64. The van der Waals surface area contributed by atoms with Crippen molar-refractivity contribution in [1.82, 2.24) is 9.62 Å². The lowest BCUT2D eigenvalue weighted by Gasteiger charge is -2.18. The summed E-state index contributed by atoms with van der Waals surface area (Å²) in [4.78, 5) is 12.0. The van der Waals surface area contributed by atoms with Crippen molar-refractivity contribution in [3.63, 3.8) is 0 Å². The molecule has 1 rings (SSSR count). The van der Waals surface area contributed by atoms with E-state index in [9.17, 15) is 13.2 Å². The van der Waals surface area contributed by atoms with E-state index < -0.39 is 21.7 Å². The van der Waals surface area contributed by atoms with E-state index in [0.717, 1.165) is 12.1 Å². The van der Waals surface area contributed by atoms with E-state index in [0.29, 0.717) is 25.3 Å². The number of hydrogen-bond acceptors (Lipinski definition) is 4. The number of sulfonamides is 1. The van der Waals surface area contributed by atoms with Crippen LogP contribution in [-0.2, 0) is 21.4 Å². The van der Waals surface area contributed by atoms with Crippen LogP contribution in [-0.4, -0.2) is 44.0 Å². The molecule has 22 heavy (non-hydrogen) atoms. The number of amides is 1. The smallest absolute Gasteiger partial charge is 0.241 e.